The van der Waals surface area contributed by atoms with Gasteiger partial charge in [0.25, 0.3) is 0 Å². The van der Waals surface area contributed by atoms with Crippen molar-refractivity contribution in [2.24, 2.45) is 0 Å². The fraction of sp³-hybridized carbons (Fsp3) is 0.278. The first kappa shape index (κ1) is 16.0. The Hall–Kier alpha value is -2.33. The Bertz CT molecular complexity index is 654. The Kier molecular flexibility index (Phi) is 5.17. The summed E-state index contributed by atoms with van der Waals surface area (Å²) in [4.78, 5) is 13.7. The molecule has 0 spiro atoms. The van der Waals surface area contributed by atoms with Crippen LogP contribution in [0.5, 0.6) is 5.75 Å². The lowest BCUT2D eigenvalue weighted by molar-refractivity contribution is 0.0600. The molecule has 116 valence electrons. The molecule has 0 saturated heterocycles. The van der Waals surface area contributed by atoms with E-state index < -0.39 is 0 Å². The van der Waals surface area contributed by atoms with Crippen LogP contribution >= 0.6 is 0 Å². The molecule has 4 nitrogen and oxygen atoms in total. The summed E-state index contributed by atoms with van der Waals surface area (Å²) in [6.07, 6.45) is 0. The van der Waals surface area contributed by atoms with Crippen LogP contribution in [0.3, 0.4) is 0 Å². The molecule has 0 saturated carbocycles. The number of hydrogen-bond acceptors (Lipinski definition) is 4. The molecule has 0 fully saturated rings. The van der Waals surface area contributed by atoms with E-state index in [1.54, 1.807) is 18.2 Å². The van der Waals surface area contributed by atoms with Crippen molar-refractivity contribution < 1.29 is 14.6 Å². The fourth-order valence-corrected chi connectivity index (χ4v) is 2.38. The molecular formula is C18H21NO3. The molecular weight excluding hydrogens is 278 g/mol. The molecule has 0 amide bonds. The number of benzene rings is 2. The third-order valence-electron chi connectivity index (χ3n) is 3.79. The van der Waals surface area contributed by atoms with Crippen molar-refractivity contribution in [3.63, 3.8) is 0 Å². The predicted molar refractivity (Wildman–Crippen MR) is 85.8 cm³/mol. The zero-order chi connectivity index (χ0) is 16.1. The summed E-state index contributed by atoms with van der Waals surface area (Å²) in [7, 11) is 3.39. The minimum Gasteiger partial charge on any atom is -0.508 e. The van der Waals surface area contributed by atoms with E-state index in [4.69, 9.17) is 4.74 Å². The Morgan fingerprint density at radius 2 is 1.95 bits per heavy atom. The monoisotopic (exact) mass is 299 g/mol. The van der Waals surface area contributed by atoms with Gasteiger partial charge in [0.1, 0.15) is 5.75 Å². The van der Waals surface area contributed by atoms with Gasteiger partial charge >= 0.3 is 5.97 Å². The highest BCUT2D eigenvalue weighted by Gasteiger charge is 2.13. The van der Waals surface area contributed by atoms with E-state index in [0.717, 1.165) is 11.1 Å². The average molecular weight is 299 g/mol. The first-order valence-corrected chi connectivity index (χ1v) is 7.17. The maximum Gasteiger partial charge on any atom is 0.337 e. The van der Waals surface area contributed by atoms with Gasteiger partial charge in [-0.15, -0.1) is 0 Å². The number of phenols is 1. The quantitative estimate of drug-likeness (QED) is 0.860. The summed E-state index contributed by atoms with van der Waals surface area (Å²) in [5.74, 6) is -0.0593. The topological polar surface area (TPSA) is 49.8 Å². The van der Waals surface area contributed by atoms with Crippen LogP contribution in [0, 0.1) is 0 Å². The molecule has 2 aromatic rings. The van der Waals surface area contributed by atoms with Gasteiger partial charge in [0.15, 0.2) is 0 Å². The lowest BCUT2D eigenvalue weighted by Crippen LogP contribution is -2.22. The SMILES string of the molecule is COC(=O)c1cccc(CN(C)C(C)c2cccc(O)c2)c1. The van der Waals surface area contributed by atoms with Gasteiger partial charge < -0.3 is 9.84 Å². The number of nitrogens with zero attached hydrogens (tertiary/aromatic N) is 1. The number of rotatable bonds is 5. The standard InChI is InChI=1S/C18H21NO3/c1-13(15-7-5-9-17(20)11-15)19(2)12-14-6-4-8-16(10-14)18(21)22-3/h4-11,13,20H,12H2,1-3H3. The van der Waals surface area contributed by atoms with Gasteiger partial charge in [-0.3, -0.25) is 4.90 Å². The van der Waals surface area contributed by atoms with Gasteiger partial charge in [-0.25, -0.2) is 4.79 Å². The van der Waals surface area contributed by atoms with Crippen molar-refractivity contribution in [2.45, 2.75) is 19.5 Å². The maximum atomic E-state index is 11.6. The number of hydrogen-bond donors (Lipinski definition) is 1. The second-order valence-electron chi connectivity index (χ2n) is 5.38. The highest BCUT2D eigenvalue weighted by Crippen LogP contribution is 2.23. The van der Waals surface area contributed by atoms with E-state index in [0.29, 0.717) is 12.1 Å². The summed E-state index contributed by atoms with van der Waals surface area (Å²) in [5, 5.41) is 9.59. The summed E-state index contributed by atoms with van der Waals surface area (Å²) < 4.78 is 4.75. The van der Waals surface area contributed by atoms with Crippen LogP contribution < -0.4 is 0 Å². The Labute approximate surface area is 131 Å². The van der Waals surface area contributed by atoms with Crippen molar-refractivity contribution >= 4 is 5.97 Å². The van der Waals surface area contributed by atoms with Gasteiger partial charge in [0.2, 0.25) is 0 Å². The minimum absolute atomic E-state index is 0.147. The van der Waals surface area contributed by atoms with Crippen LogP contribution in [0.2, 0.25) is 0 Å². The maximum absolute atomic E-state index is 11.6. The molecule has 2 aromatic carbocycles. The van der Waals surface area contributed by atoms with Crippen molar-refractivity contribution in [1.82, 2.24) is 4.90 Å². The summed E-state index contributed by atoms with van der Waals surface area (Å²) in [5.41, 5.74) is 2.64. The zero-order valence-corrected chi connectivity index (χ0v) is 13.1. The molecule has 2 rings (SSSR count). The van der Waals surface area contributed by atoms with Crippen molar-refractivity contribution in [3.05, 3.63) is 65.2 Å². The van der Waals surface area contributed by atoms with Gasteiger partial charge in [-0.1, -0.05) is 24.3 Å². The van der Waals surface area contributed by atoms with Gasteiger partial charge in [-0.05, 0) is 49.4 Å². The summed E-state index contributed by atoms with van der Waals surface area (Å²) in [6, 6.07) is 14.8. The van der Waals surface area contributed by atoms with Crippen LogP contribution in [0.1, 0.15) is 34.5 Å². The molecule has 4 heteroatoms. The number of methoxy groups -OCH3 is 1. The van der Waals surface area contributed by atoms with E-state index >= 15 is 0 Å². The van der Waals surface area contributed by atoms with Crippen LogP contribution in [0.25, 0.3) is 0 Å². The first-order chi connectivity index (χ1) is 10.5. The molecule has 0 aliphatic heterocycles. The number of esters is 1. The summed E-state index contributed by atoms with van der Waals surface area (Å²) in [6.45, 7) is 2.78. The molecule has 1 atom stereocenters. The third-order valence-corrected chi connectivity index (χ3v) is 3.79. The molecule has 22 heavy (non-hydrogen) atoms. The molecule has 0 bridgehead atoms. The highest BCUT2D eigenvalue weighted by molar-refractivity contribution is 5.89. The smallest absolute Gasteiger partial charge is 0.337 e. The van der Waals surface area contributed by atoms with E-state index in [2.05, 4.69) is 11.8 Å². The molecule has 0 aliphatic rings. The zero-order valence-electron chi connectivity index (χ0n) is 13.1. The van der Waals surface area contributed by atoms with E-state index in [-0.39, 0.29) is 17.8 Å². The second kappa shape index (κ2) is 7.09. The van der Waals surface area contributed by atoms with E-state index in [9.17, 15) is 9.90 Å². The van der Waals surface area contributed by atoms with Crippen LogP contribution in [0.4, 0.5) is 0 Å². The largest absolute Gasteiger partial charge is 0.508 e. The first-order valence-electron chi connectivity index (χ1n) is 7.17. The molecule has 0 aromatic heterocycles. The molecule has 1 unspecified atom stereocenters. The third kappa shape index (κ3) is 3.86. The molecule has 0 heterocycles. The number of ether oxygens (including phenoxy) is 1. The summed E-state index contributed by atoms with van der Waals surface area (Å²) >= 11 is 0. The normalized spacial score (nSPS) is 12.2. The fourth-order valence-electron chi connectivity index (χ4n) is 2.38. The van der Waals surface area contributed by atoms with Crippen LogP contribution in [-0.2, 0) is 11.3 Å². The minimum atomic E-state index is -0.328. The Morgan fingerprint density at radius 1 is 1.23 bits per heavy atom. The average Bonchev–Trinajstić information content (AvgIpc) is 2.53. The van der Waals surface area contributed by atoms with E-state index in [1.807, 2.05) is 37.4 Å². The van der Waals surface area contributed by atoms with Crippen LogP contribution in [-0.4, -0.2) is 30.1 Å². The predicted octanol–water partition coefficient (Wildman–Crippen LogP) is 3.37. The van der Waals surface area contributed by atoms with Crippen molar-refractivity contribution in [2.75, 3.05) is 14.2 Å². The van der Waals surface area contributed by atoms with Gasteiger partial charge in [0.05, 0.1) is 12.7 Å². The lowest BCUT2D eigenvalue weighted by atomic mass is 10.1. The van der Waals surface area contributed by atoms with Crippen molar-refractivity contribution in [1.29, 1.82) is 0 Å². The number of carbonyl (C=O) groups is 1. The Balaban J connectivity index is 2.11. The highest BCUT2D eigenvalue weighted by atomic mass is 16.5. The molecule has 0 aliphatic carbocycles. The second-order valence-corrected chi connectivity index (χ2v) is 5.38. The van der Waals surface area contributed by atoms with Gasteiger partial charge in [0, 0.05) is 12.6 Å². The van der Waals surface area contributed by atoms with E-state index in [1.165, 1.54) is 7.11 Å². The Morgan fingerprint density at radius 3 is 2.64 bits per heavy atom. The van der Waals surface area contributed by atoms with Crippen LogP contribution in [0.15, 0.2) is 48.5 Å². The lowest BCUT2D eigenvalue weighted by Gasteiger charge is -2.25. The van der Waals surface area contributed by atoms with Gasteiger partial charge in [-0.2, -0.15) is 0 Å². The molecule has 1 N–H and O–H groups in total. The molecule has 0 radical (unpaired) electrons. The van der Waals surface area contributed by atoms with Crippen molar-refractivity contribution in [3.8, 4) is 5.75 Å². The number of phenolic OH excluding ortho intramolecular Hbond substituents is 1. The number of aromatic hydroxyl groups is 1. The number of carbonyl (C=O) groups excluding carboxylic acids is 1.